The fourth-order valence-electron chi connectivity index (χ4n) is 2.24. The zero-order valence-electron chi connectivity index (χ0n) is 11.3. The van der Waals surface area contributed by atoms with Gasteiger partial charge in [-0.15, -0.1) is 0 Å². The highest BCUT2D eigenvalue weighted by Crippen LogP contribution is 2.50. The number of carbonyl (C=O) groups is 1. The van der Waals surface area contributed by atoms with Crippen molar-refractivity contribution in [3.05, 3.63) is 54.4 Å². The fraction of sp³-hybridized carbons (Fsp3) is 0.312. The van der Waals surface area contributed by atoms with E-state index < -0.39 is 17.8 Å². The van der Waals surface area contributed by atoms with Gasteiger partial charge in [-0.05, 0) is 42.8 Å². The number of alkyl halides is 2. The van der Waals surface area contributed by atoms with E-state index in [4.69, 9.17) is 4.74 Å². The van der Waals surface area contributed by atoms with E-state index in [0.717, 1.165) is 5.69 Å². The summed E-state index contributed by atoms with van der Waals surface area (Å²) in [6.45, 7) is 0.0401. The largest absolute Gasteiger partial charge is 0.462 e. The Morgan fingerprint density at radius 1 is 1.24 bits per heavy atom. The summed E-state index contributed by atoms with van der Waals surface area (Å²) >= 11 is 0. The lowest BCUT2D eigenvalue weighted by atomic mass is 10.2. The van der Waals surface area contributed by atoms with Gasteiger partial charge in [0.15, 0.2) is 0 Å². The average molecular weight is 291 g/mol. The lowest BCUT2D eigenvalue weighted by Gasteiger charge is -2.06. The highest BCUT2D eigenvalue weighted by atomic mass is 19.3. The van der Waals surface area contributed by atoms with Crippen LogP contribution in [0.3, 0.4) is 0 Å². The molecule has 1 aliphatic rings. The molecular weight excluding hydrogens is 276 g/mol. The summed E-state index contributed by atoms with van der Waals surface area (Å²) in [4.78, 5) is 11.8. The van der Waals surface area contributed by atoms with E-state index in [1.54, 1.807) is 12.1 Å². The minimum absolute atomic E-state index is 0.0401. The first-order valence-electron chi connectivity index (χ1n) is 6.84. The van der Waals surface area contributed by atoms with Crippen LogP contribution in [-0.2, 0) is 4.74 Å². The number of halogens is 2. The van der Waals surface area contributed by atoms with Crippen molar-refractivity contribution in [2.45, 2.75) is 18.8 Å². The first kappa shape index (κ1) is 13.8. The molecule has 0 aliphatic heterocycles. The summed E-state index contributed by atoms with van der Waals surface area (Å²) in [6, 6.07) is 10.8. The highest BCUT2D eigenvalue weighted by Gasteiger charge is 2.56. The molecule has 1 aliphatic carbocycles. The van der Waals surface area contributed by atoms with Crippen LogP contribution >= 0.6 is 0 Å². The van der Waals surface area contributed by atoms with Gasteiger partial charge in [-0.25, -0.2) is 13.6 Å². The van der Waals surface area contributed by atoms with E-state index in [0.29, 0.717) is 5.56 Å². The average Bonchev–Trinajstić information content (AvgIpc) is 2.90. The third-order valence-corrected chi connectivity index (χ3v) is 3.66. The van der Waals surface area contributed by atoms with Crippen molar-refractivity contribution in [2.24, 2.45) is 5.92 Å². The van der Waals surface area contributed by atoms with E-state index in [9.17, 15) is 13.6 Å². The molecule has 0 bridgehead atoms. The Bertz CT molecular complexity index is 620. The second kappa shape index (κ2) is 5.31. The molecular formula is C16H15F2NO2. The van der Waals surface area contributed by atoms with E-state index in [1.165, 1.54) is 0 Å². The van der Waals surface area contributed by atoms with E-state index in [-0.39, 0.29) is 19.4 Å². The van der Waals surface area contributed by atoms with Crippen molar-refractivity contribution in [3.63, 3.8) is 0 Å². The SMILES string of the molecule is O=C(OCCC1CC1(F)F)c1ccc(-n2cccc2)cc1. The molecule has 1 atom stereocenters. The van der Waals surface area contributed by atoms with Crippen LogP contribution in [0.5, 0.6) is 0 Å². The van der Waals surface area contributed by atoms with E-state index in [2.05, 4.69) is 0 Å². The Hall–Kier alpha value is -2.17. The Morgan fingerprint density at radius 3 is 2.43 bits per heavy atom. The van der Waals surface area contributed by atoms with Gasteiger partial charge < -0.3 is 9.30 Å². The van der Waals surface area contributed by atoms with Crippen molar-refractivity contribution in [2.75, 3.05) is 6.61 Å². The molecule has 1 unspecified atom stereocenters. The number of hydrogen-bond donors (Lipinski definition) is 0. The first-order chi connectivity index (χ1) is 10.1. The molecule has 1 heterocycles. The second-order valence-corrected chi connectivity index (χ2v) is 5.22. The van der Waals surface area contributed by atoms with Gasteiger partial charge in [0.2, 0.25) is 0 Å². The Balaban J connectivity index is 1.53. The number of ether oxygens (including phenoxy) is 1. The number of carbonyl (C=O) groups excluding carboxylic acids is 1. The van der Waals surface area contributed by atoms with Gasteiger partial charge in [-0.3, -0.25) is 0 Å². The van der Waals surface area contributed by atoms with Crippen molar-refractivity contribution >= 4 is 5.97 Å². The van der Waals surface area contributed by atoms with Crippen LogP contribution in [0.4, 0.5) is 8.78 Å². The molecule has 1 saturated carbocycles. The fourth-order valence-corrected chi connectivity index (χ4v) is 2.24. The molecule has 3 nitrogen and oxygen atoms in total. The number of aromatic nitrogens is 1. The van der Waals surface area contributed by atoms with Crippen LogP contribution in [0.1, 0.15) is 23.2 Å². The van der Waals surface area contributed by atoms with Gasteiger partial charge in [-0.2, -0.15) is 0 Å². The molecule has 0 radical (unpaired) electrons. The van der Waals surface area contributed by atoms with Gasteiger partial charge >= 0.3 is 5.97 Å². The monoisotopic (exact) mass is 291 g/mol. The predicted octanol–water partition coefficient (Wildman–Crippen LogP) is 3.68. The predicted molar refractivity (Wildman–Crippen MR) is 73.7 cm³/mol. The maximum atomic E-state index is 12.7. The lowest BCUT2D eigenvalue weighted by Crippen LogP contribution is -2.08. The minimum atomic E-state index is -2.55. The molecule has 1 aromatic carbocycles. The Labute approximate surface area is 121 Å². The molecule has 110 valence electrons. The van der Waals surface area contributed by atoms with Gasteiger partial charge in [-0.1, -0.05) is 0 Å². The molecule has 0 spiro atoms. The summed E-state index contributed by atoms with van der Waals surface area (Å²) in [5, 5.41) is 0. The number of rotatable bonds is 5. The second-order valence-electron chi connectivity index (χ2n) is 5.22. The van der Waals surface area contributed by atoms with Crippen molar-refractivity contribution < 1.29 is 18.3 Å². The molecule has 0 saturated heterocycles. The molecule has 5 heteroatoms. The lowest BCUT2D eigenvalue weighted by molar-refractivity contribution is 0.0452. The van der Waals surface area contributed by atoms with E-state index in [1.807, 2.05) is 41.2 Å². The summed E-state index contributed by atoms with van der Waals surface area (Å²) in [5.41, 5.74) is 1.36. The normalized spacial score (nSPS) is 19.2. The molecule has 1 fully saturated rings. The quantitative estimate of drug-likeness (QED) is 0.787. The highest BCUT2D eigenvalue weighted by molar-refractivity contribution is 5.89. The number of esters is 1. The summed E-state index contributed by atoms with van der Waals surface area (Å²) in [6.07, 6.45) is 3.95. The summed E-state index contributed by atoms with van der Waals surface area (Å²) < 4.78 is 32.3. The van der Waals surface area contributed by atoms with Gasteiger partial charge in [0.1, 0.15) is 0 Å². The molecule has 0 amide bonds. The standard InChI is InChI=1S/C16H15F2NO2/c17-16(18)11-13(16)7-10-21-15(20)12-3-5-14(6-4-12)19-8-1-2-9-19/h1-6,8-9,13H,7,10-11H2. The topological polar surface area (TPSA) is 31.2 Å². The first-order valence-corrected chi connectivity index (χ1v) is 6.84. The zero-order chi connectivity index (χ0) is 14.9. The maximum Gasteiger partial charge on any atom is 0.338 e. The molecule has 21 heavy (non-hydrogen) atoms. The van der Waals surface area contributed by atoms with Gasteiger partial charge in [0, 0.05) is 30.4 Å². The van der Waals surface area contributed by atoms with Crippen LogP contribution < -0.4 is 0 Å². The molecule has 1 aromatic heterocycles. The molecule has 0 N–H and O–H groups in total. The van der Waals surface area contributed by atoms with Crippen molar-refractivity contribution in [1.29, 1.82) is 0 Å². The summed E-state index contributed by atoms with van der Waals surface area (Å²) in [5.74, 6) is -3.65. The van der Waals surface area contributed by atoms with Crippen LogP contribution in [0.25, 0.3) is 5.69 Å². The maximum absolute atomic E-state index is 12.7. The Kier molecular flexibility index (Phi) is 3.49. The van der Waals surface area contributed by atoms with Crippen LogP contribution in [0.2, 0.25) is 0 Å². The van der Waals surface area contributed by atoms with Gasteiger partial charge in [0.25, 0.3) is 5.92 Å². The third kappa shape index (κ3) is 3.12. The number of hydrogen-bond acceptors (Lipinski definition) is 2. The van der Waals surface area contributed by atoms with Crippen LogP contribution in [0.15, 0.2) is 48.8 Å². The van der Waals surface area contributed by atoms with Crippen molar-refractivity contribution in [1.82, 2.24) is 4.57 Å². The molecule has 3 rings (SSSR count). The van der Waals surface area contributed by atoms with Crippen molar-refractivity contribution in [3.8, 4) is 5.69 Å². The molecule has 2 aromatic rings. The smallest absolute Gasteiger partial charge is 0.338 e. The Morgan fingerprint density at radius 2 is 1.86 bits per heavy atom. The number of benzene rings is 1. The minimum Gasteiger partial charge on any atom is -0.462 e. The third-order valence-electron chi connectivity index (χ3n) is 3.66. The summed E-state index contributed by atoms with van der Waals surface area (Å²) in [7, 11) is 0. The van der Waals surface area contributed by atoms with Gasteiger partial charge in [0.05, 0.1) is 12.2 Å². The number of nitrogens with zero attached hydrogens (tertiary/aromatic N) is 1. The van der Waals surface area contributed by atoms with Crippen LogP contribution in [-0.4, -0.2) is 23.1 Å². The van der Waals surface area contributed by atoms with Crippen LogP contribution in [0, 0.1) is 5.92 Å². The zero-order valence-corrected chi connectivity index (χ0v) is 11.3. The van der Waals surface area contributed by atoms with E-state index >= 15 is 0 Å².